The molecule has 0 radical (unpaired) electrons. The molecule has 2 heteroatoms. The van der Waals surface area contributed by atoms with Crippen LogP contribution in [0, 0.1) is 0 Å². The van der Waals surface area contributed by atoms with Gasteiger partial charge >= 0.3 is 0 Å². The van der Waals surface area contributed by atoms with Crippen molar-refractivity contribution in [2.45, 2.75) is 45.6 Å². The Balaban J connectivity index is 2.88. The lowest BCUT2D eigenvalue weighted by Crippen LogP contribution is -2.17. The minimum atomic E-state index is 0.190. The van der Waals surface area contributed by atoms with Gasteiger partial charge in [-0.25, -0.2) is 0 Å². The first-order valence-electron chi connectivity index (χ1n) is 5.58. The van der Waals surface area contributed by atoms with Gasteiger partial charge in [-0.1, -0.05) is 37.6 Å². The molecular weight excluding hydrogens is 206 g/mol. The summed E-state index contributed by atoms with van der Waals surface area (Å²) in [6.45, 7) is 6.39. The predicted molar refractivity (Wildman–Crippen MR) is 67.5 cm³/mol. The van der Waals surface area contributed by atoms with Crippen LogP contribution < -0.4 is 5.73 Å². The first-order chi connectivity index (χ1) is 7.04. The summed E-state index contributed by atoms with van der Waals surface area (Å²) < 4.78 is 0. The van der Waals surface area contributed by atoms with Crippen molar-refractivity contribution in [1.82, 2.24) is 0 Å². The van der Waals surface area contributed by atoms with E-state index in [1.807, 2.05) is 13.0 Å². The van der Waals surface area contributed by atoms with Gasteiger partial charge in [0.2, 0.25) is 0 Å². The van der Waals surface area contributed by atoms with Crippen molar-refractivity contribution in [1.29, 1.82) is 0 Å². The Bertz CT molecular complexity index is 320. The minimum Gasteiger partial charge on any atom is -0.328 e. The van der Waals surface area contributed by atoms with Gasteiger partial charge in [-0.15, -0.1) is 0 Å². The monoisotopic (exact) mass is 225 g/mol. The van der Waals surface area contributed by atoms with Gasteiger partial charge in [0.1, 0.15) is 0 Å². The molecule has 84 valence electrons. The topological polar surface area (TPSA) is 26.0 Å². The van der Waals surface area contributed by atoms with Crippen LogP contribution in [-0.2, 0) is 6.42 Å². The summed E-state index contributed by atoms with van der Waals surface area (Å²) in [5.74, 6) is 0.529. The summed E-state index contributed by atoms with van der Waals surface area (Å²) in [5.41, 5.74) is 8.22. The zero-order chi connectivity index (χ0) is 11.4. The molecule has 15 heavy (non-hydrogen) atoms. The Morgan fingerprint density at radius 3 is 2.47 bits per heavy atom. The van der Waals surface area contributed by atoms with Crippen molar-refractivity contribution < 1.29 is 0 Å². The van der Waals surface area contributed by atoms with Crippen LogP contribution in [0.5, 0.6) is 0 Å². The number of hydrogen-bond donors (Lipinski definition) is 1. The maximum Gasteiger partial charge on any atom is 0.0443 e. The van der Waals surface area contributed by atoms with E-state index in [1.54, 1.807) is 0 Å². The van der Waals surface area contributed by atoms with E-state index in [9.17, 15) is 0 Å². The van der Waals surface area contributed by atoms with Crippen LogP contribution in [0.4, 0.5) is 0 Å². The lowest BCUT2D eigenvalue weighted by molar-refractivity contribution is 0.725. The fourth-order valence-corrected chi connectivity index (χ4v) is 2.08. The molecule has 0 saturated carbocycles. The minimum absolute atomic E-state index is 0.190. The lowest BCUT2D eigenvalue weighted by atomic mass is 9.96. The number of hydrogen-bond acceptors (Lipinski definition) is 1. The summed E-state index contributed by atoms with van der Waals surface area (Å²) in [7, 11) is 0. The van der Waals surface area contributed by atoms with Crippen LogP contribution in [0.15, 0.2) is 18.2 Å². The standard InChI is InChI=1S/C13H20ClN/c1-4-9(2)12-6-5-11(7-10(3)15)8-13(12)14/h5-6,8-10H,4,7,15H2,1-3H3. The number of nitrogens with two attached hydrogens (primary N) is 1. The molecule has 2 atom stereocenters. The van der Waals surface area contributed by atoms with E-state index in [-0.39, 0.29) is 6.04 Å². The molecule has 0 amide bonds. The molecule has 2 unspecified atom stereocenters. The largest absolute Gasteiger partial charge is 0.328 e. The second-order valence-corrected chi connectivity index (χ2v) is 4.75. The van der Waals surface area contributed by atoms with Crippen LogP contribution in [0.25, 0.3) is 0 Å². The quantitative estimate of drug-likeness (QED) is 0.830. The van der Waals surface area contributed by atoms with Crippen LogP contribution in [0.2, 0.25) is 5.02 Å². The van der Waals surface area contributed by atoms with Gasteiger partial charge < -0.3 is 5.73 Å². The van der Waals surface area contributed by atoms with Crippen molar-refractivity contribution in [3.63, 3.8) is 0 Å². The molecule has 0 aromatic heterocycles. The second kappa shape index (κ2) is 5.53. The fraction of sp³-hybridized carbons (Fsp3) is 0.538. The normalized spacial score (nSPS) is 15.0. The molecule has 0 aliphatic heterocycles. The molecular formula is C13H20ClN. The van der Waals surface area contributed by atoms with E-state index >= 15 is 0 Å². The Labute approximate surface area is 97.6 Å². The van der Waals surface area contributed by atoms with Gasteiger partial charge in [-0.2, -0.15) is 0 Å². The number of benzene rings is 1. The van der Waals surface area contributed by atoms with Gasteiger partial charge in [0.15, 0.2) is 0 Å². The lowest BCUT2D eigenvalue weighted by Gasteiger charge is -2.13. The maximum absolute atomic E-state index is 6.25. The van der Waals surface area contributed by atoms with Crippen LogP contribution in [0.3, 0.4) is 0 Å². The van der Waals surface area contributed by atoms with Crippen molar-refractivity contribution in [3.8, 4) is 0 Å². The first kappa shape index (κ1) is 12.5. The van der Waals surface area contributed by atoms with Gasteiger partial charge in [0.05, 0.1) is 0 Å². The molecule has 0 saturated heterocycles. The number of halogens is 1. The van der Waals surface area contributed by atoms with E-state index in [1.165, 1.54) is 11.1 Å². The average Bonchev–Trinajstić information content (AvgIpc) is 2.16. The highest BCUT2D eigenvalue weighted by Gasteiger charge is 2.08. The third kappa shape index (κ3) is 3.51. The Kier molecular flexibility index (Phi) is 4.62. The molecule has 0 bridgehead atoms. The smallest absolute Gasteiger partial charge is 0.0443 e. The van der Waals surface area contributed by atoms with E-state index in [0.29, 0.717) is 5.92 Å². The van der Waals surface area contributed by atoms with E-state index in [2.05, 4.69) is 26.0 Å². The third-order valence-electron chi connectivity index (χ3n) is 2.77. The van der Waals surface area contributed by atoms with E-state index in [4.69, 9.17) is 17.3 Å². The second-order valence-electron chi connectivity index (χ2n) is 4.35. The van der Waals surface area contributed by atoms with Gasteiger partial charge in [-0.05, 0) is 42.9 Å². The van der Waals surface area contributed by atoms with Gasteiger partial charge in [0.25, 0.3) is 0 Å². The number of rotatable bonds is 4. The van der Waals surface area contributed by atoms with E-state index < -0.39 is 0 Å². The van der Waals surface area contributed by atoms with Crippen LogP contribution >= 0.6 is 11.6 Å². The summed E-state index contributed by atoms with van der Waals surface area (Å²) >= 11 is 6.25. The molecule has 0 fully saturated rings. The fourth-order valence-electron chi connectivity index (χ4n) is 1.69. The first-order valence-corrected chi connectivity index (χ1v) is 5.96. The predicted octanol–water partition coefficient (Wildman–Crippen LogP) is 3.74. The van der Waals surface area contributed by atoms with Gasteiger partial charge in [0, 0.05) is 11.1 Å². The Morgan fingerprint density at radius 1 is 1.33 bits per heavy atom. The van der Waals surface area contributed by atoms with Crippen molar-refractivity contribution in [3.05, 3.63) is 34.3 Å². The van der Waals surface area contributed by atoms with Crippen LogP contribution in [0.1, 0.15) is 44.2 Å². The summed E-state index contributed by atoms with van der Waals surface area (Å²) in [5, 5.41) is 0.877. The van der Waals surface area contributed by atoms with Crippen molar-refractivity contribution >= 4 is 11.6 Å². The summed E-state index contributed by atoms with van der Waals surface area (Å²) in [6, 6.07) is 6.51. The van der Waals surface area contributed by atoms with Gasteiger partial charge in [-0.3, -0.25) is 0 Å². The summed E-state index contributed by atoms with van der Waals surface area (Å²) in [4.78, 5) is 0. The molecule has 0 spiro atoms. The SMILES string of the molecule is CCC(C)c1ccc(CC(C)N)cc1Cl. The average molecular weight is 226 g/mol. The molecule has 0 aliphatic rings. The Hall–Kier alpha value is -0.530. The van der Waals surface area contributed by atoms with Crippen molar-refractivity contribution in [2.75, 3.05) is 0 Å². The van der Waals surface area contributed by atoms with Crippen LogP contribution in [-0.4, -0.2) is 6.04 Å². The highest BCUT2D eigenvalue weighted by atomic mass is 35.5. The molecule has 0 heterocycles. The molecule has 0 aliphatic carbocycles. The zero-order valence-electron chi connectivity index (χ0n) is 9.76. The molecule has 1 aromatic carbocycles. The highest BCUT2D eigenvalue weighted by Crippen LogP contribution is 2.27. The third-order valence-corrected chi connectivity index (χ3v) is 3.09. The Morgan fingerprint density at radius 2 is 2.00 bits per heavy atom. The molecule has 1 rings (SSSR count). The molecule has 2 N–H and O–H groups in total. The highest BCUT2D eigenvalue weighted by molar-refractivity contribution is 6.31. The van der Waals surface area contributed by atoms with E-state index in [0.717, 1.165) is 17.9 Å². The maximum atomic E-state index is 6.25. The zero-order valence-corrected chi connectivity index (χ0v) is 10.5. The van der Waals surface area contributed by atoms with Crippen molar-refractivity contribution in [2.24, 2.45) is 5.73 Å². The molecule has 1 aromatic rings. The molecule has 1 nitrogen and oxygen atoms in total. The summed E-state index contributed by atoms with van der Waals surface area (Å²) in [6.07, 6.45) is 2.01.